The summed E-state index contributed by atoms with van der Waals surface area (Å²) in [7, 11) is 2.13. The molecule has 2 atom stereocenters. The van der Waals surface area contributed by atoms with E-state index in [0.29, 0.717) is 5.02 Å². The monoisotopic (exact) mass is 344 g/mol. The first kappa shape index (κ1) is 17.3. The number of aromatic hydroxyl groups is 1. The molecule has 4 heteroatoms. The lowest BCUT2D eigenvalue weighted by molar-refractivity contribution is 0.161. The SMILES string of the molecule is C=C/C=C\C1=C(C)CC[C@@H]2N(C)CCc3cc(Cl)c(O)cc3C12N. The Kier molecular flexibility index (Phi) is 4.60. The first-order valence-corrected chi connectivity index (χ1v) is 8.77. The van der Waals surface area contributed by atoms with E-state index in [2.05, 4.69) is 31.5 Å². The fraction of sp³-hybridized carbons (Fsp3) is 0.400. The number of phenolic OH excluding ortho intramolecular Hbond substituents is 1. The zero-order valence-corrected chi connectivity index (χ0v) is 15.1. The molecule has 1 aliphatic carbocycles. The van der Waals surface area contributed by atoms with Crippen molar-refractivity contribution < 1.29 is 5.11 Å². The largest absolute Gasteiger partial charge is 0.506 e. The third-order valence-corrected chi connectivity index (χ3v) is 5.81. The minimum atomic E-state index is -0.662. The quantitative estimate of drug-likeness (QED) is 0.800. The Labute approximate surface area is 149 Å². The molecule has 2 aliphatic rings. The molecular formula is C20H25ClN2O. The number of nitrogens with zero attached hydrogens (tertiary/aromatic N) is 1. The van der Waals surface area contributed by atoms with Gasteiger partial charge in [0.2, 0.25) is 0 Å². The van der Waals surface area contributed by atoms with Crippen molar-refractivity contribution in [3.63, 3.8) is 0 Å². The Hall–Kier alpha value is -1.55. The van der Waals surface area contributed by atoms with Gasteiger partial charge in [0.1, 0.15) is 5.75 Å². The highest BCUT2D eigenvalue weighted by Crippen LogP contribution is 2.46. The molecule has 0 saturated carbocycles. The van der Waals surface area contributed by atoms with Crippen molar-refractivity contribution in [2.45, 2.75) is 37.8 Å². The van der Waals surface area contributed by atoms with E-state index in [1.165, 1.54) is 5.57 Å². The zero-order valence-electron chi connectivity index (χ0n) is 14.3. The highest BCUT2D eigenvalue weighted by Gasteiger charge is 2.47. The van der Waals surface area contributed by atoms with Crippen molar-refractivity contribution in [1.82, 2.24) is 4.90 Å². The number of benzene rings is 1. The van der Waals surface area contributed by atoms with Gasteiger partial charge in [-0.25, -0.2) is 0 Å². The number of hydrogen-bond donors (Lipinski definition) is 2. The predicted molar refractivity (Wildman–Crippen MR) is 100 cm³/mol. The molecule has 0 aromatic heterocycles. The Morgan fingerprint density at radius 3 is 2.88 bits per heavy atom. The van der Waals surface area contributed by atoms with Crippen molar-refractivity contribution in [3.05, 3.63) is 64.2 Å². The van der Waals surface area contributed by atoms with Crippen LogP contribution in [0.25, 0.3) is 0 Å². The molecule has 128 valence electrons. The highest BCUT2D eigenvalue weighted by molar-refractivity contribution is 6.32. The summed E-state index contributed by atoms with van der Waals surface area (Å²) in [5, 5.41) is 10.6. The molecule has 1 aromatic carbocycles. The van der Waals surface area contributed by atoms with Gasteiger partial charge in [0, 0.05) is 12.6 Å². The van der Waals surface area contributed by atoms with Crippen LogP contribution in [-0.2, 0) is 12.0 Å². The Bertz CT molecular complexity index is 737. The van der Waals surface area contributed by atoms with E-state index in [9.17, 15) is 5.11 Å². The summed E-state index contributed by atoms with van der Waals surface area (Å²) in [6.07, 6.45) is 8.69. The molecule has 0 bridgehead atoms. The van der Waals surface area contributed by atoms with E-state index in [1.54, 1.807) is 12.1 Å². The lowest BCUT2D eigenvalue weighted by Gasteiger charge is -2.46. The molecule has 24 heavy (non-hydrogen) atoms. The summed E-state index contributed by atoms with van der Waals surface area (Å²) in [4.78, 5) is 2.35. The van der Waals surface area contributed by atoms with E-state index < -0.39 is 5.54 Å². The molecule has 1 aliphatic heterocycles. The molecule has 3 nitrogen and oxygen atoms in total. The summed E-state index contributed by atoms with van der Waals surface area (Å²) in [6, 6.07) is 3.83. The predicted octanol–water partition coefficient (Wildman–Crippen LogP) is 3.91. The van der Waals surface area contributed by atoms with Gasteiger partial charge in [0.05, 0.1) is 10.6 Å². The number of hydrogen-bond acceptors (Lipinski definition) is 3. The maximum Gasteiger partial charge on any atom is 0.134 e. The Morgan fingerprint density at radius 1 is 1.42 bits per heavy atom. The van der Waals surface area contributed by atoms with Gasteiger partial charge in [-0.05, 0) is 62.1 Å². The van der Waals surface area contributed by atoms with Gasteiger partial charge in [-0.15, -0.1) is 0 Å². The van der Waals surface area contributed by atoms with Gasteiger partial charge in [-0.3, -0.25) is 0 Å². The normalized spacial score (nSPS) is 27.8. The summed E-state index contributed by atoms with van der Waals surface area (Å²) in [6.45, 7) is 6.85. The average Bonchev–Trinajstić information content (AvgIpc) is 2.64. The van der Waals surface area contributed by atoms with Gasteiger partial charge < -0.3 is 15.7 Å². The third kappa shape index (κ3) is 2.61. The van der Waals surface area contributed by atoms with Crippen molar-refractivity contribution >= 4 is 11.6 Å². The van der Waals surface area contributed by atoms with Crippen LogP contribution in [0.2, 0.25) is 5.02 Å². The minimum absolute atomic E-state index is 0.0961. The van der Waals surface area contributed by atoms with E-state index in [1.807, 2.05) is 12.1 Å². The fourth-order valence-corrected chi connectivity index (χ4v) is 4.42. The standard InChI is InChI=1S/C20H25ClN2O/c1-4-5-6-15-13(2)7-8-19-20(15,22)16-12-18(24)17(21)11-14(16)9-10-23(19)3/h4-6,11-12,19,24H,1,7-10,22H2,2-3H3/b6-5-/t19-,20?/m0/s1. The van der Waals surface area contributed by atoms with Crippen LogP contribution < -0.4 is 5.73 Å². The van der Waals surface area contributed by atoms with Gasteiger partial charge in [0.25, 0.3) is 0 Å². The molecule has 0 radical (unpaired) electrons. The van der Waals surface area contributed by atoms with Gasteiger partial charge in [0.15, 0.2) is 0 Å². The molecule has 1 unspecified atom stereocenters. The summed E-state index contributed by atoms with van der Waals surface area (Å²) >= 11 is 6.16. The van der Waals surface area contributed by atoms with Crippen molar-refractivity contribution in [1.29, 1.82) is 0 Å². The van der Waals surface area contributed by atoms with Crippen LogP contribution in [0, 0.1) is 0 Å². The second-order valence-corrected chi connectivity index (χ2v) is 7.31. The van der Waals surface area contributed by atoms with Crippen LogP contribution in [0.5, 0.6) is 5.75 Å². The van der Waals surface area contributed by atoms with Crippen molar-refractivity contribution in [2.24, 2.45) is 5.73 Å². The van der Waals surface area contributed by atoms with E-state index >= 15 is 0 Å². The lowest BCUT2D eigenvalue weighted by atomic mass is 9.68. The van der Waals surface area contributed by atoms with Crippen molar-refractivity contribution in [3.8, 4) is 5.75 Å². The molecule has 1 aromatic rings. The summed E-state index contributed by atoms with van der Waals surface area (Å²) < 4.78 is 0. The minimum Gasteiger partial charge on any atom is -0.506 e. The summed E-state index contributed by atoms with van der Waals surface area (Å²) in [5.74, 6) is 0.0961. The number of halogens is 1. The van der Waals surface area contributed by atoms with Crippen LogP contribution >= 0.6 is 11.6 Å². The molecule has 3 rings (SSSR count). The Morgan fingerprint density at radius 2 is 2.17 bits per heavy atom. The smallest absolute Gasteiger partial charge is 0.134 e. The third-order valence-electron chi connectivity index (χ3n) is 5.51. The molecule has 0 amide bonds. The first-order chi connectivity index (χ1) is 11.4. The molecule has 1 heterocycles. The summed E-state index contributed by atoms with van der Waals surface area (Å²) in [5.41, 5.74) is 11.0. The van der Waals surface area contributed by atoms with E-state index in [0.717, 1.165) is 42.5 Å². The maximum absolute atomic E-state index is 10.2. The van der Waals surface area contributed by atoms with E-state index in [4.69, 9.17) is 17.3 Å². The first-order valence-electron chi connectivity index (χ1n) is 8.40. The topological polar surface area (TPSA) is 49.5 Å². The molecule has 3 N–H and O–H groups in total. The highest BCUT2D eigenvalue weighted by atomic mass is 35.5. The number of likely N-dealkylation sites (N-methyl/N-ethyl adjacent to an activating group) is 1. The van der Waals surface area contributed by atoms with Crippen LogP contribution in [-0.4, -0.2) is 29.6 Å². The molecular weight excluding hydrogens is 320 g/mol. The maximum atomic E-state index is 10.2. The van der Waals surface area contributed by atoms with Crippen LogP contribution in [0.3, 0.4) is 0 Å². The number of phenols is 1. The van der Waals surface area contributed by atoms with Gasteiger partial charge in [-0.2, -0.15) is 0 Å². The molecule has 0 fully saturated rings. The number of nitrogens with two attached hydrogens (primary N) is 1. The van der Waals surface area contributed by atoms with Gasteiger partial charge >= 0.3 is 0 Å². The van der Waals surface area contributed by atoms with Gasteiger partial charge in [-0.1, -0.05) is 42.0 Å². The van der Waals surface area contributed by atoms with E-state index in [-0.39, 0.29) is 11.8 Å². The van der Waals surface area contributed by atoms with Crippen molar-refractivity contribution in [2.75, 3.05) is 13.6 Å². The van der Waals surface area contributed by atoms with Crippen LogP contribution in [0.15, 0.2) is 48.1 Å². The molecule has 0 saturated heterocycles. The van der Waals surface area contributed by atoms with Crippen LogP contribution in [0.4, 0.5) is 0 Å². The average molecular weight is 345 g/mol. The second kappa shape index (κ2) is 6.40. The number of rotatable bonds is 2. The lowest BCUT2D eigenvalue weighted by Crippen LogP contribution is -2.57. The zero-order chi connectivity index (χ0) is 17.5. The Balaban J connectivity index is 2.30. The number of fused-ring (bicyclic) bond motifs is 3. The number of allylic oxidation sites excluding steroid dienone is 3. The molecule has 0 spiro atoms. The fourth-order valence-electron chi connectivity index (χ4n) is 4.23. The second-order valence-electron chi connectivity index (χ2n) is 6.90. The van der Waals surface area contributed by atoms with Crippen LogP contribution in [0.1, 0.15) is 30.9 Å².